The molecule has 0 amide bonds. The highest BCUT2D eigenvalue weighted by molar-refractivity contribution is 8.04. The van der Waals surface area contributed by atoms with Crippen molar-refractivity contribution in [2.24, 2.45) is 5.73 Å². The van der Waals surface area contributed by atoms with E-state index >= 15 is 0 Å². The Morgan fingerprint density at radius 2 is 2.47 bits per heavy atom. The van der Waals surface area contributed by atoms with Crippen LogP contribution in [-0.2, 0) is 9.53 Å². The molecule has 0 saturated carbocycles. The van der Waals surface area contributed by atoms with Crippen LogP contribution in [0.4, 0.5) is 0 Å². The van der Waals surface area contributed by atoms with Crippen molar-refractivity contribution >= 4 is 17.7 Å². The molecule has 4 heteroatoms. The molecular formula is C13H21NO2S. The predicted molar refractivity (Wildman–Crippen MR) is 72.7 cm³/mol. The average Bonchev–Trinajstić information content (AvgIpc) is 2.58. The molecule has 1 heterocycles. The predicted octanol–water partition coefficient (Wildman–Crippen LogP) is 2.62. The van der Waals surface area contributed by atoms with Crippen LogP contribution >= 0.6 is 11.8 Å². The summed E-state index contributed by atoms with van der Waals surface area (Å²) in [6, 6.07) is 0.185. The summed E-state index contributed by atoms with van der Waals surface area (Å²) in [5.41, 5.74) is 5.78. The molecule has 17 heavy (non-hydrogen) atoms. The van der Waals surface area contributed by atoms with Gasteiger partial charge in [0.05, 0.1) is 6.61 Å². The van der Waals surface area contributed by atoms with Crippen molar-refractivity contribution in [3.05, 3.63) is 23.1 Å². The van der Waals surface area contributed by atoms with Crippen molar-refractivity contribution in [1.29, 1.82) is 0 Å². The van der Waals surface area contributed by atoms with Gasteiger partial charge in [-0.15, -0.1) is 11.8 Å². The molecule has 0 aliphatic carbocycles. The zero-order chi connectivity index (χ0) is 12.9. The summed E-state index contributed by atoms with van der Waals surface area (Å²) in [5, 5.41) is 0. The van der Waals surface area contributed by atoms with Gasteiger partial charge in [-0.2, -0.15) is 0 Å². The highest BCUT2D eigenvalue weighted by Crippen LogP contribution is 2.44. The smallest absolute Gasteiger partial charge is 0.330 e. The molecule has 0 aromatic heterocycles. The molecule has 3 nitrogen and oxygen atoms in total. The first-order valence-electron chi connectivity index (χ1n) is 5.95. The molecular weight excluding hydrogens is 234 g/mol. The number of hydrogen-bond acceptors (Lipinski definition) is 4. The minimum Gasteiger partial charge on any atom is -0.463 e. The van der Waals surface area contributed by atoms with Gasteiger partial charge >= 0.3 is 5.97 Å². The van der Waals surface area contributed by atoms with Crippen molar-refractivity contribution < 1.29 is 9.53 Å². The summed E-state index contributed by atoms with van der Waals surface area (Å²) in [6.45, 7) is 6.35. The number of thioether (sulfide) groups is 1. The maximum Gasteiger partial charge on any atom is 0.330 e. The highest BCUT2D eigenvalue weighted by atomic mass is 32.2. The van der Waals surface area contributed by atoms with Crippen molar-refractivity contribution in [1.82, 2.24) is 0 Å². The number of nitrogens with two attached hydrogens (primary N) is 1. The van der Waals surface area contributed by atoms with Gasteiger partial charge < -0.3 is 10.5 Å². The van der Waals surface area contributed by atoms with E-state index in [4.69, 9.17) is 10.5 Å². The Bertz CT molecular complexity index is 336. The molecule has 2 atom stereocenters. The van der Waals surface area contributed by atoms with Crippen molar-refractivity contribution in [3.8, 4) is 0 Å². The summed E-state index contributed by atoms with van der Waals surface area (Å²) in [4.78, 5) is 12.6. The number of allylic oxidation sites excluding steroid dienone is 1. The Morgan fingerprint density at radius 1 is 1.76 bits per heavy atom. The average molecular weight is 255 g/mol. The third-order valence-corrected chi connectivity index (χ3v) is 3.85. The van der Waals surface area contributed by atoms with Gasteiger partial charge in [0, 0.05) is 16.9 Å². The molecule has 1 rings (SSSR count). The summed E-state index contributed by atoms with van der Waals surface area (Å²) in [6.07, 6.45) is 7.52. The molecule has 2 N–H and O–H groups in total. The fourth-order valence-electron chi connectivity index (χ4n) is 1.68. The highest BCUT2D eigenvalue weighted by Gasteiger charge is 2.28. The quantitative estimate of drug-likeness (QED) is 0.606. The Morgan fingerprint density at radius 3 is 3.06 bits per heavy atom. The second-order valence-corrected chi connectivity index (χ2v) is 6.22. The van der Waals surface area contributed by atoms with E-state index in [2.05, 4.69) is 13.0 Å². The van der Waals surface area contributed by atoms with E-state index in [-0.39, 0.29) is 16.8 Å². The van der Waals surface area contributed by atoms with Crippen LogP contribution in [0.3, 0.4) is 0 Å². The van der Waals surface area contributed by atoms with Crippen LogP contribution in [0.2, 0.25) is 0 Å². The SMILES string of the molecule is CCOC(=O)/C=C/C1(C)CC=C(CC(C)N)S1. The first-order chi connectivity index (χ1) is 7.95. The molecule has 0 aromatic rings. The number of hydrogen-bond donors (Lipinski definition) is 1. The van der Waals surface area contributed by atoms with Crippen molar-refractivity contribution in [2.45, 2.75) is 44.4 Å². The summed E-state index contributed by atoms with van der Waals surface area (Å²) in [5.74, 6) is -0.269. The molecule has 0 bridgehead atoms. The van der Waals surface area contributed by atoms with Gasteiger partial charge in [-0.3, -0.25) is 0 Å². The van der Waals surface area contributed by atoms with Crippen LogP contribution in [0, 0.1) is 0 Å². The van der Waals surface area contributed by atoms with Gasteiger partial charge in [0.25, 0.3) is 0 Å². The van der Waals surface area contributed by atoms with Gasteiger partial charge in [0.15, 0.2) is 0 Å². The first-order valence-corrected chi connectivity index (χ1v) is 6.76. The van der Waals surface area contributed by atoms with Gasteiger partial charge in [0.1, 0.15) is 0 Å². The second-order valence-electron chi connectivity index (χ2n) is 4.56. The third-order valence-electron chi connectivity index (χ3n) is 2.48. The number of carbonyl (C=O) groups is 1. The Labute approximate surface area is 107 Å². The van der Waals surface area contributed by atoms with E-state index in [1.807, 2.05) is 13.0 Å². The zero-order valence-electron chi connectivity index (χ0n) is 10.7. The molecule has 0 radical (unpaired) electrons. The molecule has 0 aromatic carbocycles. The second kappa shape index (κ2) is 6.26. The van der Waals surface area contributed by atoms with Crippen LogP contribution in [0.25, 0.3) is 0 Å². The van der Waals surface area contributed by atoms with E-state index in [9.17, 15) is 4.79 Å². The van der Waals surface area contributed by atoms with Crippen LogP contribution in [0.1, 0.15) is 33.6 Å². The Balaban J connectivity index is 2.49. The Hall–Kier alpha value is -0.740. The maximum atomic E-state index is 11.2. The number of ether oxygens (including phenoxy) is 1. The molecule has 96 valence electrons. The molecule has 0 fully saturated rings. The molecule has 1 aliphatic heterocycles. The van der Waals surface area contributed by atoms with Gasteiger partial charge in [0.2, 0.25) is 0 Å². The topological polar surface area (TPSA) is 52.3 Å². The standard InChI is InChI=1S/C13H21NO2S/c1-4-16-12(15)6-8-13(3)7-5-11(17-13)9-10(2)14/h5-6,8,10H,4,7,9,14H2,1-3H3/b8-6+. The molecule has 0 spiro atoms. The lowest BCUT2D eigenvalue weighted by Crippen LogP contribution is -2.16. The largest absolute Gasteiger partial charge is 0.463 e. The van der Waals surface area contributed by atoms with Crippen LogP contribution in [0.15, 0.2) is 23.1 Å². The van der Waals surface area contributed by atoms with Crippen molar-refractivity contribution in [3.63, 3.8) is 0 Å². The van der Waals surface area contributed by atoms with Crippen LogP contribution < -0.4 is 5.73 Å². The van der Waals surface area contributed by atoms with E-state index < -0.39 is 0 Å². The lowest BCUT2D eigenvalue weighted by Gasteiger charge is -2.19. The summed E-state index contributed by atoms with van der Waals surface area (Å²) < 4.78 is 4.84. The molecule has 1 aliphatic rings. The molecule has 2 unspecified atom stereocenters. The first kappa shape index (κ1) is 14.3. The fourth-order valence-corrected chi connectivity index (χ4v) is 3.09. The zero-order valence-corrected chi connectivity index (χ0v) is 11.5. The van der Waals surface area contributed by atoms with Crippen molar-refractivity contribution in [2.75, 3.05) is 6.61 Å². The van der Waals surface area contributed by atoms with E-state index in [0.29, 0.717) is 6.61 Å². The maximum absolute atomic E-state index is 11.2. The molecule has 0 saturated heterocycles. The summed E-state index contributed by atoms with van der Waals surface area (Å²) >= 11 is 1.79. The van der Waals surface area contributed by atoms with Gasteiger partial charge in [-0.25, -0.2) is 4.79 Å². The van der Waals surface area contributed by atoms with Crippen LogP contribution in [0.5, 0.6) is 0 Å². The minimum absolute atomic E-state index is 0.0308. The van der Waals surface area contributed by atoms with E-state index in [1.165, 1.54) is 11.0 Å². The normalized spacial score (nSPS) is 26.0. The van der Waals surface area contributed by atoms with Gasteiger partial charge in [-0.1, -0.05) is 12.2 Å². The van der Waals surface area contributed by atoms with Crippen LogP contribution in [-0.4, -0.2) is 23.4 Å². The number of rotatable bonds is 5. The minimum atomic E-state index is -0.269. The van der Waals surface area contributed by atoms with E-state index in [0.717, 1.165) is 12.8 Å². The lowest BCUT2D eigenvalue weighted by atomic mass is 10.1. The lowest BCUT2D eigenvalue weighted by molar-refractivity contribution is -0.137. The third kappa shape index (κ3) is 4.96. The number of esters is 1. The Kier molecular flexibility index (Phi) is 5.28. The van der Waals surface area contributed by atoms with Gasteiger partial charge in [-0.05, 0) is 38.5 Å². The fraction of sp³-hybridized carbons (Fsp3) is 0.615. The summed E-state index contributed by atoms with van der Waals surface area (Å²) in [7, 11) is 0. The number of carbonyl (C=O) groups excluding carboxylic acids is 1. The van der Waals surface area contributed by atoms with E-state index in [1.54, 1.807) is 18.7 Å². The monoisotopic (exact) mass is 255 g/mol.